The Balaban J connectivity index is 2.17. The molecule has 1 saturated carbocycles. The normalized spacial score (nSPS) is 16.8. The molecule has 1 aliphatic carbocycles. The van der Waals surface area contributed by atoms with E-state index in [1.165, 1.54) is 5.56 Å². The molecule has 3 rings (SSSR count). The highest BCUT2D eigenvalue weighted by molar-refractivity contribution is 5.83. The molecular formula is C14H13NO2. The van der Waals surface area contributed by atoms with E-state index in [2.05, 4.69) is 18.0 Å². The van der Waals surface area contributed by atoms with Crippen LogP contribution in [0.2, 0.25) is 0 Å². The fourth-order valence-corrected chi connectivity index (χ4v) is 2.31. The number of nitrogens with zero attached hydrogens (tertiary/aromatic N) is 1. The molecule has 0 amide bonds. The topological polar surface area (TPSA) is 42.6 Å². The Morgan fingerprint density at radius 1 is 1.35 bits per heavy atom. The van der Waals surface area contributed by atoms with Crippen molar-refractivity contribution in [1.82, 2.24) is 0 Å². The molecular weight excluding hydrogens is 214 g/mol. The average Bonchev–Trinajstić information content (AvgIpc) is 3.04. The van der Waals surface area contributed by atoms with Crippen LogP contribution in [-0.2, 0) is 10.3 Å². The van der Waals surface area contributed by atoms with E-state index >= 15 is 0 Å². The molecule has 1 heterocycles. The molecule has 0 aliphatic heterocycles. The summed E-state index contributed by atoms with van der Waals surface area (Å²) in [6, 6.07) is 6.10. The first-order chi connectivity index (χ1) is 8.16. The minimum atomic E-state index is -0.315. The fraction of sp³-hybridized carbons (Fsp3) is 0.357. The van der Waals surface area contributed by atoms with Crippen molar-refractivity contribution >= 4 is 17.0 Å². The van der Waals surface area contributed by atoms with Crippen LogP contribution in [0.1, 0.15) is 29.7 Å². The number of aliphatic imine (C=N–C) groups is 1. The number of benzene rings is 1. The van der Waals surface area contributed by atoms with E-state index in [1.807, 2.05) is 19.1 Å². The van der Waals surface area contributed by atoms with Gasteiger partial charge < -0.3 is 4.42 Å². The van der Waals surface area contributed by atoms with Gasteiger partial charge in [-0.2, -0.15) is 4.99 Å². The number of hydrogen-bond acceptors (Lipinski definition) is 3. The monoisotopic (exact) mass is 227 g/mol. The quantitative estimate of drug-likeness (QED) is 0.583. The minimum Gasteiger partial charge on any atom is -0.461 e. The van der Waals surface area contributed by atoms with Gasteiger partial charge in [-0.1, -0.05) is 12.1 Å². The van der Waals surface area contributed by atoms with E-state index in [1.54, 1.807) is 6.08 Å². The van der Waals surface area contributed by atoms with Crippen molar-refractivity contribution in [3.8, 4) is 0 Å². The van der Waals surface area contributed by atoms with Crippen LogP contribution in [0.5, 0.6) is 0 Å². The lowest BCUT2D eigenvalue weighted by atomic mass is 10.0. The largest absolute Gasteiger partial charge is 0.461 e. The summed E-state index contributed by atoms with van der Waals surface area (Å²) in [4.78, 5) is 14.4. The van der Waals surface area contributed by atoms with Crippen LogP contribution >= 0.6 is 0 Å². The number of fused-ring (bicyclic) bond motifs is 1. The second-order valence-corrected chi connectivity index (χ2v) is 4.73. The predicted molar refractivity (Wildman–Crippen MR) is 64.7 cm³/mol. The van der Waals surface area contributed by atoms with Crippen molar-refractivity contribution in [2.75, 3.05) is 0 Å². The highest BCUT2D eigenvalue weighted by atomic mass is 16.3. The summed E-state index contributed by atoms with van der Waals surface area (Å²) in [5.41, 5.74) is 2.80. The lowest BCUT2D eigenvalue weighted by Gasteiger charge is -2.07. The van der Waals surface area contributed by atoms with Crippen LogP contribution in [0.3, 0.4) is 0 Å². The van der Waals surface area contributed by atoms with E-state index in [0.29, 0.717) is 0 Å². The van der Waals surface area contributed by atoms with E-state index in [9.17, 15) is 4.79 Å². The maximum atomic E-state index is 10.4. The second kappa shape index (κ2) is 3.31. The molecule has 17 heavy (non-hydrogen) atoms. The van der Waals surface area contributed by atoms with E-state index in [4.69, 9.17) is 4.42 Å². The van der Waals surface area contributed by atoms with Crippen LogP contribution in [0.4, 0.5) is 0 Å². The predicted octanol–water partition coefficient (Wildman–Crippen LogP) is 3.37. The van der Waals surface area contributed by atoms with Gasteiger partial charge in [0.25, 0.3) is 0 Å². The van der Waals surface area contributed by atoms with Gasteiger partial charge in [-0.15, -0.1) is 0 Å². The Bertz CT molecular complexity index is 644. The van der Waals surface area contributed by atoms with Gasteiger partial charge in [-0.25, -0.2) is 4.79 Å². The number of aryl methyl sites for hydroxylation is 2. The molecule has 0 bridgehead atoms. The first kappa shape index (κ1) is 10.3. The highest BCUT2D eigenvalue weighted by Crippen LogP contribution is 2.49. The molecule has 0 radical (unpaired) electrons. The SMILES string of the molecule is Cc1oc2cc(C3(N=C=O)CC3)ccc2c1C. The minimum absolute atomic E-state index is 0.315. The molecule has 3 heteroatoms. The standard InChI is InChI=1S/C14H13NO2/c1-9-10(2)17-13-7-11(3-4-12(9)13)14(5-6-14)15-8-16/h3-4,7H,5-6H2,1-2H3. The smallest absolute Gasteiger partial charge is 0.235 e. The zero-order valence-corrected chi connectivity index (χ0v) is 9.91. The first-order valence-electron chi connectivity index (χ1n) is 5.75. The summed E-state index contributed by atoms with van der Waals surface area (Å²) in [6.45, 7) is 4.02. The zero-order valence-electron chi connectivity index (χ0n) is 9.91. The van der Waals surface area contributed by atoms with Crippen LogP contribution in [0, 0.1) is 13.8 Å². The lowest BCUT2D eigenvalue weighted by molar-refractivity contribution is 0.555. The number of isocyanates is 1. The molecule has 2 aromatic rings. The van der Waals surface area contributed by atoms with E-state index in [0.717, 1.165) is 35.1 Å². The molecule has 0 unspecified atom stereocenters. The highest BCUT2D eigenvalue weighted by Gasteiger charge is 2.45. The molecule has 0 spiro atoms. The number of hydrogen-bond donors (Lipinski definition) is 0. The Morgan fingerprint density at radius 2 is 2.12 bits per heavy atom. The van der Waals surface area contributed by atoms with Gasteiger partial charge >= 0.3 is 0 Å². The van der Waals surface area contributed by atoms with Crippen molar-refractivity contribution in [3.63, 3.8) is 0 Å². The van der Waals surface area contributed by atoms with Crippen molar-refractivity contribution in [3.05, 3.63) is 35.1 Å². The van der Waals surface area contributed by atoms with Gasteiger partial charge in [0.05, 0.1) is 5.54 Å². The molecule has 0 saturated heterocycles. The Labute approximate surface area is 99.1 Å². The van der Waals surface area contributed by atoms with Gasteiger partial charge in [0.15, 0.2) is 0 Å². The Hall–Kier alpha value is -1.86. The molecule has 0 N–H and O–H groups in total. The Morgan fingerprint density at radius 3 is 2.76 bits per heavy atom. The van der Waals surface area contributed by atoms with Crippen molar-refractivity contribution in [2.24, 2.45) is 4.99 Å². The average molecular weight is 227 g/mol. The summed E-state index contributed by atoms with van der Waals surface area (Å²) >= 11 is 0. The van der Waals surface area contributed by atoms with Crippen molar-refractivity contribution < 1.29 is 9.21 Å². The van der Waals surface area contributed by atoms with Crippen LogP contribution in [0.15, 0.2) is 27.6 Å². The third kappa shape index (κ3) is 1.43. The lowest BCUT2D eigenvalue weighted by Crippen LogP contribution is -2.01. The molecule has 1 aromatic carbocycles. The van der Waals surface area contributed by atoms with Gasteiger partial charge in [0, 0.05) is 5.39 Å². The van der Waals surface area contributed by atoms with Crippen LogP contribution in [0.25, 0.3) is 11.0 Å². The third-order valence-corrected chi connectivity index (χ3v) is 3.70. The maximum absolute atomic E-state index is 10.4. The maximum Gasteiger partial charge on any atom is 0.235 e. The number of furan rings is 1. The Kier molecular flexibility index (Phi) is 2.01. The summed E-state index contributed by atoms with van der Waals surface area (Å²) in [7, 11) is 0. The summed E-state index contributed by atoms with van der Waals surface area (Å²) < 4.78 is 5.70. The molecule has 1 aliphatic rings. The molecule has 1 aromatic heterocycles. The zero-order chi connectivity index (χ0) is 12.0. The van der Waals surface area contributed by atoms with Gasteiger partial charge in [0.1, 0.15) is 11.3 Å². The van der Waals surface area contributed by atoms with Gasteiger partial charge in [0.2, 0.25) is 6.08 Å². The number of carbonyl (C=O) groups excluding carboxylic acids is 1. The molecule has 1 fully saturated rings. The summed E-state index contributed by atoms with van der Waals surface area (Å²) in [5.74, 6) is 0.945. The van der Waals surface area contributed by atoms with Crippen LogP contribution < -0.4 is 0 Å². The molecule has 3 nitrogen and oxygen atoms in total. The fourth-order valence-electron chi connectivity index (χ4n) is 2.31. The van der Waals surface area contributed by atoms with Crippen LogP contribution in [-0.4, -0.2) is 6.08 Å². The van der Waals surface area contributed by atoms with Gasteiger partial charge in [-0.3, -0.25) is 0 Å². The van der Waals surface area contributed by atoms with E-state index < -0.39 is 0 Å². The van der Waals surface area contributed by atoms with E-state index in [-0.39, 0.29) is 5.54 Å². The van der Waals surface area contributed by atoms with Crippen molar-refractivity contribution in [1.29, 1.82) is 0 Å². The molecule has 0 atom stereocenters. The van der Waals surface area contributed by atoms with Gasteiger partial charge in [-0.05, 0) is 43.9 Å². The molecule has 86 valence electrons. The van der Waals surface area contributed by atoms with Crippen molar-refractivity contribution in [2.45, 2.75) is 32.2 Å². The summed E-state index contributed by atoms with van der Waals surface area (Å²) in [5, 5.41) is 1.14. The third-order valence-electron chi connectivity index (χ3n) is 3.70. The number of rotatable bonds is 2. The first-order valence-corrected chi connectivity index (χ1v) is 5.75. The second-order valence-electron chi connectivity index (χ2n) is 4.73. The summed E-state index contributed by atoms with van der Waals surface area (Å²) in [6.07, 6.45) is 3.52.